The molecule has 1 aromatic rings. The highest BCUT2D eigenvalue weighted by Gasteiger charge is 2.28. The maximum atomic E-state index is 11.8. The molecule has 0 saturated heterocycles. The Hall–Kier alpha value is -1.79. The summed E-state index contributed by atoms with van der Waals surface area (Å²) in [7, 11) is 0. The van der Waals surface area contributed by atoms with Gasteiger partial charge in [-0.15, -0.1) is 12.4 Å². The fourth-order valence-corrected chi connectivity index (χ4v) is 1.71. The van der Waals surface area contributed by atoms with Crippen molar-refractivity contribution in [3.8, 4) is 5.75 Å². The van der Waals surface area contributed by atoms with Gasteiger partial charge >= 0.3 is 5.97 Å². The lowest BCUT2D eigenvalue weighted by atomic mass is 10.2. The Balaban J connectivity index is 0.00000162. The first-order valence-corrected chi connectivity index (χ1v) is 5.11. The predicted octanol–water partition coefficient (Wildman–Crippen LogP) is 0.593. The van der Waals surface area contributed by atoms with E-state index < -0.39 is 18.7 Å². The van der Waals surface area contributed by atoms with Gasteiger partial charge in [0.1, 0.15) is 12.3 Å². The van der Waals surface area contributed by atoms with Crippen LogP contribution in [0.4, 0.5) is 5.69 Å². The van der Waals surface area contributed by atoms with E-state index in [0.717, 1.165) is 0 Å². The van der Waals surface area contributed by atoms with Gasteiger partial charge in [-0.2, -0.15) is 0 Å². The zero-order valence-electron chi connectivity index (χ0n) is 9.41. The third kappa shape index (κ3) is 2.91. The van der Waals surface area contributed by atoms with Crippen LogP contribution in [-0.4, -0.2) is 29.8 Å². The summed E-state index contributed by atoms with van der Waals surface area (Å²) >= 11 is 0. The molecular weight excluding hydrogens is 260 g/mol. The summed E-state index contributed by atoms with van der Waals surface area (Å²) in [6, 6.07) is 6.73. The SMILES string of the molecule is Cl.NC1CC(=O)N(CC(=O)O)c2ccccc2O1. The molecule has 0 radical (unpaired) electrons. The van der Waals surface area contributed by atoms with Crippen LogP contribution in [0, 0.1) is 0 Å². The van der Waals surface area contributed by atoms with Gasteiger partial charge in [0.25, 0.3) is 0 Å². The molecule has 0 fully saturated rings. The van der Waals surface area contributed by atoms with Crippen LogP contribution in [0.1, 0.15) is 6.42 Å². The van der Waals surface area contributed by atoms with Crippen molar-refractivity contribution in [3.63, 3.8) is 0 Å². The number of aliphatic carboxylic acids is 1. The van der Waals surface area contributed by atoms with Gasteiger partial charge in [0.2, 0.25) is 5.91 Å². The monoisotopic (exact) mass is 272 g/mol. The molecule has 1 heterocycles. The maximum Gasteiger partial charge on any atom is 0.323 e. The number of benzene rings is 1. The number of carboxylic acid groups (broad SMARTS) is 1. The standard InChI is InChI=1S/C11H12N2O4.ClH/c12-9-5-10(14)13(6-11(15)16)7-3-1-2-4-8(7)17-9;/h1-4,9H,5-6,12H2,(H,15,16);1H. The first-order valence-electron chi connectivity index (χ1n) is 5.11. The number of rotatable bonds is 2. The van der Waals surface area contributed by atoms with E-state index in [2.05, 4.69) is 0 Å². The van der Waals surface area contributed by atoms with Gasteiger partial charge in [0, 0.05) is 0 Å². The Kier molecular flexibility index (Phi) is 4.52. The Morgan fingerprint density at radius 2 is 2.17 bits per heavy atom. The smallest absolute Gasteiger partial charge is 0.323 e. The van der Waals surface area contributed by atoms with Crippen molar-refractivity contribution in [2.24, 2.45) is 5.73 Å². The molecule has 0 spiro atoms. The van der Waals surface area contributed by atoms with Crippen molar-refractivity contribution < 1.29 is 19.4 Å². The van der Waals surface area contributed by atoms with Gasteiger partial charge in [-0.25, -0.2) is 0 Å². The molecule has 18 heavy (non-hydrogen) atoms. The third-order valence-corrected chi connectivity index (χ3v) is 2.40. The summed E-state index contributed by atoms with van der Waals surface area (Å²) in [6.45, 7) is -0.397. The van der Waals surface area contributed by atoms with Crippen molar-refractivity contribution in [1.82, 2.24) is 0 Å². The number of carbonyl (C=O) groups is 2. The summed E-state index contributed by atoms with van der Waals surface area (Å²) < 4.78 is 5.36. The molecule has 1 aromatic carbocycles. The fraction of sp³-hybridized carbons (Fsp3) is 0.273. The molecule has 0 aliphatic carbocycles. The van der Waals surface area contributed by atoms with Crippen LogP contribution in [-0.2, 0) is 9.59 Å². The molecule has 1 aliphatic rings. The minimum Gasteiger partial charge on any atom is -0.480 e. The number of amides is 1. The average molecular weight is 273 g/mol. The number of carbonyl (C=O) groups excluding carboxylic acids is 1. The number of nitrogens with zero attached hydrogens (tertiary/aromatic N) is 1. The van der Waals surface area contributed by atoms with E-state index in [9.17, 15) is 9.59 Å². The van der Waals surface area contributed by atoms with E-state index >= 15 is 0 Å². The lowest BCUT2D eigenvalue weighted by Gasteiger charge is -2.19. The number of fused-ring (bicyclic) bond motifs is 1. The number of ether oxygens (including phenoxy) is 1. The Labute approximate surface area is 110 Å². The van der Waals surface area contributed by atoms with Crippen LogP contribution >= 0.6 is 12.4 Å². The molecule has 1 unspecified atom stereocenters. The molecule has 1 aliphatic heterocycles. The first kappa shape index (κ1) is 14.3. The van der Waals surface area contributed by atoms with E-state index in [0.29, 0.717) is 11.4 Å². The molecule has 1 amide bonds. The highest BCUT2D eigenvalue weighted by atomic mass is 35.5. The Morgan fingerprint density at radius 1 is 1.50 bits per heavy atom. The van der Waals surface area contributed by atoms with Crippen LogP contribution in [0.25, 0.3) is 0 Å². The largest absolute Gasteiger partial charge is 0.480 e. The van der Waals surface area contributed by atoms with Crippen molar-refractivity contribution >= 4 is 30.0 Å². The minimum absolute atomic E-state index is 0. The van der Waals surface area contributed by atoms with Crippen LogP contribution in [0.3, 0.4) is 0 Å². The predicted molar refractivity (Wildman–Crippen MR) is 66.9 cm³/mol. The normalized spacial score (nSPS) is 18.2. The van der Waals surface area contributed by atoms with E-state index in [4.69, 9.17) is 15.6 Å². The van der Waals surface area contributed by atoms with Gasteiger partial charge in [-0.1, -0.05) is 12.1 Å². The number of nitrogens with two attached hydrogens (primary N) is 1. The van der Waals surface area contributed by atoms with E-state index in [1.54, 1.807) is 24.3 Å². The number of hydrogen-bond acceptors (Lipinski definition) is 4. The Bertz CT molecular complexity index is 466. The van der Waals surface area contributed by atoms with Crippen molar-refractivity contribution in [2.75, 3.05) is 11.4 Å². The van der Waals surface area contributed by atoms with E-state index in [-0.39, 0.29) is 24.7 Å². The summed E-state index contributed by atoms with van der Waals surface area (Å²) in [6.07, 6.45) is -0.787. The van der Waals surface area contributed by atoms with Gasteiger partial charge in [-0.05, 0) is 12.1 Å². The lowest BCUT2D eigenvalue weighted by Crippen LogP contribution is -2.38. The molecule has 3 N–H and O–H groups in total. The first-order chi connectivity index (χ1) is 8.08. The zero-order chi connectivity index (χ0) is 12.4. The van der Waals surface area contributed by atoms with Gasteiger partial charge < -0.3 is 9.84 Å². The summed E-state index contributed by atoms with van der Waals surface area (Å²) in [5.74, 6) is -1.01. The van der Waals surface area contributed by atoms with Crippen LogP contribution in [0.15, 0.2) is 24.3 Å². The molecule has 0 bridgehead atoms. The molecule has 6 nitrogen and oxygen atoms in total. The lowest BCUT2D eigenvalue weighted by molar-refractivity contribution is -0.136. The second kappa shape index (κ2) is 5.70. The molecule has 0 saturated carbocycles. The summed E-state index contributed by atoms with van der Waals surface area (Å²) in [5.41, 5.74) is 6.05. The second-order valence-electron chi connectivity index (χ2n) is 3.70. The number of anilines is 1. The van der Waals surface area contributed by atoms with Crippen LogP contribution in [0.2, 0.25) is 0 Å². The minimum atomic E-state index is -1.08. The molecule has 2 rings (SSSR count). The Morgan fingerprint density at radius 3 is 2.83 bits per heavy atom. The van der Waals surface area contributed by atoms with Gasteiger partial charge in [0.05, 0.1) is 12.1 Å². The van der Waals surface area contributed by atoms with Crippen molar-refractivity contribution in [2.45, 2.75) is 12.6 Å². The number of para-hydroxylation sites is 2. The number of hydrogen-bond donors (Lipinski definition) is 2. The molecule has 7 heteroatoms. The topological polar surface area (TPSA) is 92.9 Å². The van der Waals surface area contributed by atoms with Crippen LogP contribution < -0.4 is 15.4 Å². The molecule has 1 atom stereocenters. The number of carboxylic acids is 1. The quantitative estimate of drug-likeness (QED) is 0.822. The molecular formula is C11H13ClN2O4. The number of halogens is 1. The summed E-state index contributed by atoms with van der Waals surface area (Å²) in [4.78, 5) is 23.7. The molecule has 0 aromatic heterocycles. The second-order valence-corrected chi connectivity index (χ2v) is 3.70. The van der Waals surface area contributed by atoms with Crippen molar-refractivity contribution in [3.05, 3.63) is 24.3 Å². The highest BCUT2D eigenvalue weighted by Crippen LogP contribution is 2.31. The van der Waals surface area contributed by atoms with Gasteiger partial charge in [-0.3, -0.25) is 20.2 Å². The maximum absolute atomic E-state index is 11.8. The zero-order valence-corrected chi connectivity index (χ0v) is 10.2. The van der Waals surface area contributed by atoms with Crippen LogP contribution in [0.5, 0.6) is 5.75 Å². The van der Waals surface area contributed by atoms with Gasteiger partial charge in [0.15, 0.2) is 6.23 Å². The highest BCUT2D eigenvalue weighted by molar-refractivity contribution is 5.99. The average Bonchev–Trinajstić information content (AvgIpc) is 2.36. The van der Waals surface area contributed by atoms with E-state index in [1.807, 2.05) is 0 Å². The fourth-order valence-electron chi connectivity index (χ4n) is 1.71. The third-order valence-electron chi connectivity index (χ3n) is 2.40. The summed E-state index contributed by atoms with van der Waals surface area (Å²) in [5, 5.41) is 8.80. The van der Waals surface area contributed by atoms with Crippen molar-refractivity contribution in [1.29, 1.82) is 0 Å². The van der Waals surface area contributed by atoms with E-state index in [1.165, 1.54) is 4.90 Å². The molecule has 98 valence electrons.